The number of pyridine rings is 1. The van der Waals surface area contributed by atoms with Crippen molar-refractivity contribution in [1.82, 2.24) is 14.8 Å². The number of nitrogens with one attached hydrogen (secondary N) is 1. The lowest BCUT2D eigenvalue weighted by Gasteiger charge is -2.35. The first kappa shape index (κ1) is 21.0. The number of anilines is 2. The largest absolute Gasteiger partial charge is 0.354 e. The molecule has 1 aliphatic rings. The van der Waals surface area contributed by atoms with Gasteiger partial charge in [0.1, 0.15) is 5.82 Å². The Kier molecular flexibility index (Phi) is 5.76. The number of fused-ring (bicyclic) bond motifs is 1. The van der Waals surface area contributed by atoms with Gasteiger partial charge < -0.3 is 10.2 Å². The van der Waals surface area contributed by atoms with Crippen molar-refractivity contribution in [2.45, 2.75) is 59.0 Å². The molecule has 162 valence electrons. The van der Waals surface area contributed by atoms with Crippen molar-refractivity contribution in [2.24, 2.45) is 0 Å². The second-order valence-electron chi connectivity index (χ2n) is 8.59. The maximum Gasteiger partial charge on any atom is 0.276 e. The Hall–Kier alpha value is -3.22. The Morgan fingerprint density at radius 3 is 2.61 bits per heavy atom. The third-order valence-electron chi connectivity index (χ3n) is 5.92. The van der Waals surface area contributed by atoms with Gasteiger partial charge in [-0.05, 0) is 64.7 Å². The standard InChI is InChI=1S/C24H29N5O2/c1-15(2)29-24(31)20-11-6-5-10-19(20)21(27-29)23(30)26-18-13-16(3)22(25-14-18)28-12-8-7-9-17(28)4/h5-6,10-11,13-15,17H,7-9,12H2,1-4H3,(H,26,30)/t17-/m1/s1. The number of aromatic nitrogens is 3. The molecule has 2 aromatic heterocycles. The Morgan fingerprint density at radius 1 is 1.19 bits per heavy atom. The van der Waals surface area contributed by atoms with Crippen molar-refractivity contribution in [3.63, 3.8) is 0 Å². The van der Waals surface area contributed by atoms with E-state index in [1.165, 1.54) is 23.9 Å². The summed E-state index contributed by atoms with van der Waals surface area (Å²) in [6.07, 6.45) is 5.30. The minimum Gasteiger partial charge on any atom is -0.354 e. The molecule has 3 heterocycles. The highest BCUT2D eigenvalue weighted by Crippen LogP contribution is 2.27. The Balaban J connectivity index is 1.66. The molecular formula is C24H29N5O2. The molecule has 1 N–H and O–H groups in total. The minimum absolute atomic E-state index is 0.154. The number of carbonyl (C=O) groups excluding carboxylic acids is 1. The molecule has 1 fully saturated rings. The first-order valence-corrected chi connectivity index (χ1v) is 10.9. The highest BCUT2D eigenvalue weighted by molar-refractivity contribution is 6.11. The molecule has 0 bridgehead atoms. The van der Waals surface area contributed by atoms with Gasteiger partial charge in [0.2, 0.25) is 0 Å². The summed E-state index contributed by atoms with van der Waals surface area (Å²) in [5.74, 6) is 0.619. The zero-order valence-electron chi connectivity index (χ0n) is 18.6. The summed E-state index contributed by atoms with van der Waals surface area (Å²) >= 11 is 0. The lowest BCUT2D eigenvalue weighted by molar-refractivity contribution is 0.102. The third kappa shape index (κ3) is 4.04. The molecule has 4 rings (SSSR count). The number of hydrogen-bond donors (Lipinski definition) is 1. The molecule has 3 aromatic rings. The van der Waals surface area contributed by atoms with Gasteiger partial charge in [-0.15, -0.1) is 0 Å². The van der Waals surface area contributed by atoms with Crippen molar-refractivity contribution in [1.29, 1.82) is 0 Å². The number of hydrogen-bond acceptors (Lipinski definition) is 5. The molecule has 1 atom stereocenters. The van der Waals surface area contributed by atoms with Gasteiger partial charge in [-0.1, -0.05) is 18.2 Å². The van der Waals surface area contributed by atoms with Gasteiger partial charge in [0, 0.05) is 18.0 Å². The van der Waals surface area contributed by atoms with E-state index in [1.807, 2.05) is 26.8 Å². The van der Waals surface area contributed by atoms with Crippen LogP contribution in [0.2, 0.25) is 0 Å². The average molecular weight is 420 g/mol. The molecule has 1 aromatic carbocycles. The monoisotopic (exact) mass is 419 g/mol. The molecular weight excluding hydrogens is 390 g/mol. The predicted molar refractivity (Wildman–Crippen MR) is 124 cm³/mol. The molecule has 7 nitrogen and oxygen atoms in total. The van der Waals surface area contributed by atoms with Gasteiger partial charge in [-0.2, -0.15) is 5.10 Å². The average Bonchev–Trinajstić information content (AvgIpc) is 2.75. The molecule has 0 aliphatic carbocycles. The van der Waals surface area contributed by atoms with E-state index in [-0.39, 0.29) is 23.2 Å². The molecule has 0 spiro atoms. The van der Waals surface area contributed by atoms with Crippen LogP contribution in [0.3, 0.4) is 0 Å². The maximum absolute atomic E-state index is 13.1. The summed E-state index contributed by atoms with van der Waals surface area (Å²) in [7, 11) is 0. The van der Waals surface area contributed by atoms with Crippen molar-refractivity contribution in [3.8, 4) is 0 Å². The van der Waals surface area contributed by atoms with Crippen molar-refractivity contribution >= 4 is 28.2 Å². The highest BCUT2D eigenvalue weighted by atomic mass is 16.2. The van der Waals surface area contributed by atoms with Gasteiger partial charge in [0.25, 0.3) is 11.5 Å². The van der Waals surface area contributed by atoms with Crippen LogP contribution >= 0.6 is 0 Å². The van der Waals surface area contributed by atoms with Crippen molar-refractivity contribution in [2.75, 3.05) is 16.8 Å². The van der Waals surface area contributed by atoms with Crippen LogP contribution < -0.4 is 15.8 Å². The molecule has 1 aliphatic heterocycles. The SMILES string of the molecule is Cc1cc(NC(=O)c2nn(C(C)C)c(=O)c3ccccc23)cnc1N1CCCC[C@H]1C. The fourth-order valence-electron chi connectivity index (χ4n) is 4.26. The fourth-order valence-corrected chi connectivity index (χ4v) is 4.26. The van der Waals surface area contributed by atoms with Crippen LogP contribution in [0.1, 0.15) is 62.1 Å². The maximum atomic E-state index is 13.1. The number of nitrogens with zero attached hydrogens (tertiary/aromatic N) is 4. The highest BCUT2D eigenvalue weighted by Gasteiger charge is 2.22. The number of amides is 1. The van der Waals surface area contributed by atoms with Crippen LogP contribution in [0, 0.1) is 6.92 Å². The van der Waals surface area contributed by atoms with Crippen molar-refractivity contribution < 1.29 is 4.79 Å². The third-order valence-corrected chi connectivity index (χ3v) is 5.92. The zero-order valence-corrected chi connectivity index (χ0v) is 18.6. The number of aryl methyl sites for hydroxylation is 1. The summed E-state index contributed by atoms with van der Waals surface area (Å²) < 4.78 is 1.36. The lowest BCUT2D eigenvalue weighted by atomic mass is 10.0. The van der Waals surface area contributed by atoms with Gasteiger partial charge in [-0.3, -0.25) is 9.59 Å². The normalized spacial score (nSPS) is 16.7. The lowest BCUT2D eigenvalue weighted by Crippen LogP contribution is -2.38. The van der Waals surface area contributed by atoms with Crippen molar-refractivity contribution in [3.05, 3.63) is 58.1 Å². The Morgan fingerprint density at radius 2 is 1.94 bits per heavy atom. The summed E-state index contributed by atoms with van der Waals surface area (Å²) in [5, 5.41) is 8.34. The molecule has 0 unspecified atom stereocenters. The minimum atomic E-state index is -0.356. The van der Waals surface area contributed by atoms with Gasteiger partial charge in [-0.25, -0.2) is 9.67 Å². The van der Waals surface area contributed by atoms with Crippen LogP contribution in [0.25, 0.3) is 10.8 Å². The quantitative estimate of drug-likeness (QED) is 0.682. The topological polar surface area (TPSA) is 80.1 Å². The van der Waals surface area contributed by atoms with Crippen LogP contribution in [0.5, 0.6) is 0 Å². The second kappa shape index (κ2) is 8.49. The molecule has 31 heavy (non-hydrogen) atoms. The van der Waals surface area contributed by atoms with Crippen LogP contribution in [-0.4, -0.2) is 33.3 Å². The molecule has 7 heteroatoms. The van der Waals surface area contributed by atoms with E-state index in [0.29, 0.717) is 22.5 Å². The first-order valence-electron chi connectivity index (χ1n) is 10.9. The number of carbonyl (C=O) groups is 1. The fraction of sp³-hybridized carbons (Fsp3) is 0.417. The van der Waals surface area contributed by atoms with E-state index in [0.717, 1.165) is 17.9 Å². The van der Waals surface area contributed by atoms with Crippen LogP contribution in [0.4, 0.5) is 11.5 Å². The number of benzene rings is 1. The van der Waals surface area contributed by atoms with E-state index >= 15 is 0 Å². The second-order valence-corrected chi connectivity index (χ2v) is 8.59. The van der Waals surface area contributed by atoms with Crippen LogP contribution in [-0.2, 0) is 0 Å². The first-order chi connectivity index (χ1) is 14.9. The summed E-state index contributed by atoms with van der Waals surface area (Å²) in [5.41, 5.74) is 1.68. The smallest absolute Gasteiger partial charge is 0.276 e. The molecule has 1 saturated heterocycles. The predicted octanol–water partition coefficient (Wildman–Crippen LogP) is 4.31. The summed E-state index contributed by atoms with van der Waals surface area (Å²) in [4.78, 5) is 32.9. The molecule has 1 amide bonds. The van der Waals surface area contributed by atoms with E-state index < -0.39 is 0 Å². The Bertz CT molecular complexity index is 1180. The zero-order chi connectivity index (χ0) is 22.1. The Labute approximate surface area is 182 Å². The van der Waals surface area contributed by atoms with Crippen LogP contribution in [0.15, 0.2) is 41.3 Å². The van der Waals surface area contributed by atoms with Gasteiger partial charge >= 0.3 is 0 Å². The number of rotatable bonds is 4. The van der Waals surface area contributed by atoms with Gasteiger partial charge in [0.05, 0.1) is 23.3 Å². The number of piperidine rings is 1. The van der Waals surface area contributed by atoms with E-state index in [1.54, 1.807) is 30.5 Å². The molecule has 0 radical (unpaired) electrons. The van der Waals surface area contributed by atoms with E-state index in [2.05, 4.69) is 27.2 Å². The summed E-state index contributed by atoms with van der Waals surface area (Å²) in [6, 6.07) is 9.35. The van der Waals surface area contributed by atoms with Gasteiger partial charge in [0.15, 0.2) is 5.69 Å². The van der Waals surface area contributed by atoms with E-state index in [9.17, 15) is 9.59 Å². The summed E-state index contributed by atoms with van der Waals surface area (Å²) in [6.45, 7) is 9.01. The molecule has 0 saturated carbocycles. The van der Waals surface area contributed by atoms with E-state index in [4.69, 9.17) is 0 Å².